The number of anilines is 1. The van der Waals surface area contributed by atoms with Crippen molar-refractivity contribution in [2.24, 2.45) is 0 Å². The average molecular weight is 247 g/mol. The van der Waals surface area contributed by atoms with Gasteiger partial charge in [-0.25, -0.2) is 0 Å². The van der Waals surface area contributed by atoms with E-state index in [-0.39, 0.29) is 0 Å². The number of hydrogen-bond donors (Lipinski definition) is 0. The molecule has 2 aromatic carbocycles. The van der Waals surface area contributed by atoms with Crippen molar-refractivity contribution in [2.45, 2.75) is 12.5 Å². The second-order valence-electron chi connectivity index (χ2n) is 4.73. The molecular weight excluding hydrogens is 230 g/mol. The molecule has 0 radical (unpaired) electrons. The molecule has 0 fully saturated rings. The third-order valence-corrected chi connectivity index (χ3v) is 3.39. The van der Waals surface area contributed by atoms with Gasteiger partial charge in [-0.3, -0.25) is 0 Å². The highest BCUT2D eigenvalue weighted by Crippen LogP contribution is 2.22. The van der Waals surface area contributed by atoms with Crippen molar-refractivity contribution in [3.05, 3.63) is 90.7 Å². The Kier molecular flexibility index (Phi) is 3.46. The number of nitrogens with zero attached hydrogens (tertiary/aromatic N) is 1. The van der Waals surface area contributed by atoms with Gasteiger partial charge in [0.1, 0.15) is 0 Å². The van der Waals surface area contributed by atoms with Crippen LogP contribution in [-0.4, -0.2) is 6.04 Å². The van der Waals surface area contributed by atoms with Gasteiger partial charge in [0.25, 0.3) is 0 Å². The minimum atomic E-state index is 0.384. The Hall–Kier alpha value is -2.28. The van der Waals surface area contributed by atoms with Gasteiger partial charge in [-0.1, -0.05) is 60.7 Å². The maximum atomic E-state index is 2.33. The summed E-state index contributed by atoms with van der Waals surface area (Å²) < 4.78 is 0. The van der Waals surface area contributed by atoms with E-state index in [1.807, 2.05) is 0 Å². The zero-order valence-corrected chi connectivity index (χ0v) is 10.8. The molecule has 94 valence electrons. The summed E-state index contributed by atoms with van der Waals surface area (Å²) in [4.78, 5) is 2.33. The third-order valence-electron chi connectivity index (χ3n) is 3.39. The lowest BCUT2D eigenvalue weighted by Crippen LogP contribution is -2.32. The third kappa shape index (κ3) is 2.76. The molecule has 0 saturated carbocycles. The van der Waals surface area contributed by atoms with Crippen LogP contribution >= 0.6 is 0 Å². The fourth-order valence-corrected chi connectivity index (χ4v) is 2.44. The van der Waals surface area contributed by atoms with Crippen molar-refractivity contribution >= 4 is 5.69 Å². The normalized spacial score (nSPS) is 17.7. The standard InChI is InChI=1S/C18H17N/c1-3-9-16(10-4-1)15-18-13-7-8-14-19(18)17-11-5-2-6-12-17/h1-14,18H,15H2. The lowest BCUT2D eigenvalue weighted by Gasteiger charge is -2.30. The number of allylic oxidation sites excluding steroid dienone is 2. The van der Waals surface area contributed by atoms with Crippen molar-refractivity contribution < 1.29 is 0 Å². The van der Waals surface area contributed by atoms with E-state index in [9.17, 15) is 0 Å². The maximum Gasteiger partial charge on any atom is 0.0559 e. The maximum absolute atomic E-state index is 2.33. The largest absolute Gasteiger partial charge is 0.341 e. The lowest BCUT2D eigenvalue weighted by atomic mass is 10.0. The zero-order chi connectivity index (χ0) is 12.9. The highest BCUT2D eigenvalue weighted by molar-refractivity contribution is 5.53. The molecule has 0 spiro atoms. The van der Waals surface area contributed by atoms with Gasteiger partial charge in [-0.05, 0) is 30.2 Å². The Labute approximate surface area is 114 Å². The van der Waals surface area contributed by atoms with E-state index in [0.29, 0.717) is 6.04 Å². The SMILES string of the molecule is C1=CC(Cc2ccccc2)N(c2ccccc2)C=C1. The van der Waals surface area contributed by atoms with Crippen LogP contribution in [0.3, 0.4) is 0 Å². The van der Waals surface area contributed by atoms with Crippen molar-refractivity contribution in [3.8, 4) is 0 Å². The first-order valence-corrected chi connectivity index (χ1v) is 6.66. The summed E-state index contributed by atoms with van der Waals surface area (Å²) in [6.07, 6.45) is 9.67. The molecule has 0 N–H and O–H groups in total. The molecule has 1 aliphatic rings. The molecule has 0 aromatic heterocycles. The van der Waals surface area contributed by atoms with E-state index in [1.54, 1.807) is 0 Å². The molecule has 1 nitrogen and oxygen atoms in total. The molecule has 3 rings (SSSR count). The molecule has 0 saturated heterocycles. The second kappa shape index (κ2) is 5.57. The Balaban J connectivity index is 1.83. The monoisotopic (exact) mass is 247 g/mol. The summed E-state index contributed by atoms with van der Waals surface area (Å²) in [5, 5.41) is 0. The van der Waals surface area contributed by atoms with E-state index >= 15 is 0 Å². The van der Waals surface area contributed by atoms with E-state index in [2.05, 4.69) is 90.0 Å². The summed E-state index contributed by atoms with van der Waals surface area (Å²) in [5.41, 5.74) is 2.61. The Bertz CT molecular complexity index is 569. The fraction of sp³-hybridized carbons (Fsp3) is 0.111. The van der Waals surface area contributed by atoms with E-state index in [1.165, 1.54) is 11.3 Å². The van der Waals surface area contributed by atoms with Crippen LogP contribution in [0.4, 0.5) is 5.69 Å². The Morgan fingerprint density at radius 1 is 0.789 bits per heavy atom. The van der Waals surface area contributed by atoms with Crippen molar-refractivity contribution in [1.29, 1.82) is 0 Å². The van der Waals surface area contributed by atoms with E-state index < -0.39 is 0 Å². The molecule has 0 bridgehead atoms. The summed E-state index contributed by atoms with van der Waals surface area (Å²) in [5.74, 6) is 0. The van der Waals surface area contributed by atoms with Crippen LogP contribution in [0.1, 0.15) is 5.56 Å². The van der Waals surface area contributed by atoms with Gasteiger partial charge in [-0.15, -0.1) is 0 Å². The Morgan fingerprint density at radius 2 is 1.47 bits per heavy atom. The molecule has 1 aliphatic heterocycles. The van der Waals surface area contributed by atoms with Gasteiger partial charge in [0.05, 0.1) is 6.04 Å². The molecular formula is C18H17N. The van der Waals surface area contributed by atoms with Gasteiger partial charge in [0.2, 0.25) is 0 Å². The molecule has 1 atom stereocenters. The van der Waals surface area contributed by atoms with Gasteiger partial charge < -0.3 is 4.90 Å². The molecule has 0 aliphatic carbocycles. The first-order valence-electron chi connectivity index (χ1n) is 6.66. The van der Waals surface area contributed by atoms with Gasteiger partial charge in [0, 0.05) is 11.9 Å². The van der Waals surface area contributed by atoms with E-state index in [4.69, 9.17) is 0 Å². The van der Waals surface area contributed by atoms with Crippen molar-refractivity contribution in [1.82, 2.24) is 0 Å². The van der Waals surface area contributed by atoms with Gasteiger partial charge in [0.15, 0.2) is 0 Å². The number of benzene rings is 2. The summed E-state index contributed by atoms with van der Waals surface area (Å²) in [6, 6.07) is 21.6. The number of para-hydroxylation sites is 1. The smallest absolute Gasteiger partial charge is 0.0559 e. The van der Waals surface area contributed by atoms with Crippen LogP contribution in [0.5, 0.6) is 0 Å². The lowest BCUT2D eigenvalue weighted by molar-refractivity contribution is 0.761. The summed E-state index contributed by atoms with van der Waals surface area (Å²) in [6.45, 7) is 0. The van der Waals surface area contributed by atoms with Crippen LogP contribution in [0.15, 0.2) is 85.1 Å². The fourth-order valence-electron chi connectivity index (χ4n) is 2.44. The highest BCUT2D eigenvalue weighted by atomic mass is 15.1. The quantitative estimate of drug-likeness (QED) is 0.786. The minimum absolute atomic E-state index is 0.384. The Morgan fingerprint density at radius 3 is 2.21 bits per heavy atom. The van der Waals surface area contributed by atoms with E-state index in [0.717, 1.165) is 6.42 Å². The van der Waals surface area contributed by atoms with Crippen molar-refractivity contribution in [3.63, 3.8) is 0 Å². The molecule has 1 heteroatoms. The first kappa shape index (κ1) is 11.8. The highest BCUT2D eigenvalue weighted by Gasteiger charge is 2.16. The molecule has 2 aromatic rings. The predicted octanol–water partition coefficient (Wildman–Crippen LogP) is 4.19. The molecule has 1 heterocycles. The van der Waals surface area contributed by atoms with Crippen molar-refractivity contribution in [2.75, 3.05) is 4.90 Å². The predicted molar refractivity (Wildman–Crippen MR) is 81.1 cm³/mol. The van der Waals surface area contributed by atoms with Crippen LogP contribution < -0.4 is 4.90 Å². The number of hydrogen-bond acceptors (Lipinski definition) is 1. The van der Waals surface area contributed by atoms with Gasteiger partial charge in [-0.2, -0.15) is 0 Å². The average Bonchev–Trinajstić information content (AvgIpc) is 2.50. The first-order chi connectivity index (χ1) is 9.43. The number of rotatable bonds is 3. The van der Waals surface area contributed by atoms with Crippen LogP contribution in [0.2, 0.25) is 0 Å². The topological polar surface area (TPSA) is 3.24 Å². The molecule has 1 unspecified atom stereocenters. The second-order valence-corrected chi connectivity index (χ2v) is 4.73. The van der Waals surface area contributed by atoms with Crippen LogP contribution in [0.25, 0.3) is 0 Å². The molecule has 0 amide bonds. The summed E-state index contributed by atoms with van der Waals surface area (Å²) >= 11 is 0. The summed E-state index contributed by atoms with van der Waals surface area (Å²) in [7, 11) is 0. The van der Waals surface area contributed by atoms with Crippen LogP contribution in [-0.2, 0) is 6.42 Å². The van der Waals surface area contributed by atoms with Crippen LogP contribution in [0, 0.1) is 0 Å². The van der Waals surface area contributed by atoms with Gasteiger partial charge >= 0.3 is 0 Å². The molecule has 19 heavy (non-hydrogen) atoms. The zero-order valence-electron chi connectivity index (χ0n) is 10.8. The minimum Gasteiger partial charge on any atom is -0.341 e.